The number of hydrogen-bond acceptors (Lipinski definition) is 9. The maximum atomic E-state index is 13.7. The fourth-order valence-corrected chi connectivity index (χ4v) is 6.18. The van der Waals surface area contributed by atoms with Gasteiger partial charge in [-0.05, 0) is 70.4 Å². The third-order valence-corrected chi connectivity index (χ3v) is 8.28. The Hall–Kier alpha value is -2.60. The predicted molar refractivity (Wildman–Crippen MR) is 153 cm³/mol. The largest absolute Gasteiger partial charge is 0.493 e. The fourth-order valence-electron chi connectivity index (χ4n) is 6.18. The number of benzene rings is 1. The molecule has 4 rings (SSSR count). The summed E-state index contributed by atoms with van der Waals surface area (Å²) in [7, 11) is 5.63. The number of methoxy groups -OCH3 is 1. The molecule has 41 heavy (non-hydrogen) atoms. The van der Waals surface area contributed by atoms with Crippen LogP contribution >= 0.6 is 0 Å². The van der Waals surface area contributed by atoms with Crippen molar-refractivity contribution in [1.82, 2.24) is 14.7 Å². The van der Waals surface area contributed by atoms with E-state index in [0.29, 0.717) is 62.9 Å². The first-order valence-corrected chi connectivity index (χ1v) is 14.9. The summed E-state index contributed by atoms with van der Waals surface area (Å²) in [6.45, 7) is 6.34. The molecule has 1 aromatic carbocycles. The Morgan fingerprint density at radius 3 is 2.49 bits per heavy atom. The molecule has 0 unspecified atom stereocenters. The number of amides is 1. The second-order valence-corrected chi connectivity index (χ2v) is 11.4. The number of rotatable bonds is 16. The fraction of sp³-hybridized carbons (Fsp3) is 0.733. The summed E-state index contributed by atoms with van der Waals surface area (Å²) in [6.07, 6.45) is 4.65. The Morgan fingerprint density at radius 2 is 1.80 bits per heavy atom. The number of carbonyl (C=O) groups excluding carboxylic acids is 1. The van der Waals surface area contributed by atoms with E-state index in [4.69, 9.17) is 23.7 Å². The van der Waals surface area contributed by atoms with E-state index < -0.39 is 11.9 Å². The predicted octanol–water partition coefficient (Wildman–Crippen LogP) is 3.02. The van der Waals surface area contributed by atoms with Gasteiger partial charge in [0.1, 0.15) is 0 Å². The normalized spacial score (nSPS) is 22.5. The average Bonchev–Trinajstić information content (AvgIpc) is 3.70. The third kappa shape index (κ3) is 8.03. The summed E-state index contributed by atoms with van der Waals surface area (Å²) in [5, 5.41) is 10.5. The standard InChI is InChI=1S/C30H47N3O8/c1-5-6-12-32(13-8-11-31(2)3)26(34)19-33-18-22(21-16-24(37-4)29-25(17-21)40-20-41-29)28(30(35)36)23(33)9-7-10-27-38-14-15-39-27/h16-17,22-23,27-28H,5-15,18-20H2,1-4H3,(H,35,36)/t22-,23+,28-/m1/s1. The number of aliphatic carboxylic acids is 1. The van der Waals surface area contributed by atoms with Crippen LogP contribution in [-0.4, -0.2) is 118 Å². The molecule has 0 saturated carbocycles. The van der Waals surface area contributed by atoms with Gasteiger partial charge in [0.2, 0.25) is 18.4 Å². The Labute approximate surface area is 243 Å². The van der Waals surface area contributed by atoms with Crippen LogP contribution < -0.4 is 14.2 Å². The van der Waals surface area contributed by atoms with Gasteiger partial charge in [0, 0.05) is 31.6 Å². The van der Waals surface area contributed by atoms with E-state index in [9.17, 15) is 14.7 Å². The van der Waals surface area contributed by atoms with Crippen molar-refractivity contribution in [1.29, 1.82) is 0 Å². The van der Waals surface area contributed by atoms with Crippen LogP contribution in [0.1, 0.15) is 56.9 Å². The summed E-state index contributed by atoms with van der Waals surface area (Å²) in [4.78, 5) is 32.7. The Balaban J connectivity index is 1.56. The molecule has 0 aliphatic carbocycles. The molecular formula is C30H47N3O8. The number of carbonyl (C=O) groups is 2. The third-order valence-electron chi connectivity index (χ3n) is 8.28. The van der Waals surface area contributed by atoms with Gasteiger partial charge in [-0.3, -0.25) is 14.5 Å². The van der Waals surface area contributed by atoms with Crippen molar-refractivity contribution >= 4 is 11.9 Å². The molecule has 3 atom stereocenters. The summed E-state index contributed by atoms with van der Waals surface area (Å²) >= 11 is 0. The van der Waals surface area contributed by atoms with Crippen LogP contribution in [0.15, 0.2) is 12.1 Å². The van der Waals surface area contributed by atoms with Crippen LogP contribution in [-0.2, 0) is 19.1 Å². The number of hydrogen-bond donors (Lipinski definition) is 1. The number of likely N-dealkylation sites (tertiary alicyclic amines) is 1. The van der Waals surface area contributed by atoms with Crippen molar-refractivity contribution in [3.8, 4) is 17.2 Å². The Bertz CT molecular complexity index is 1020. The highest BCUT2D eigenvalue weighted by Gasteiger charge is 2.47. The van der Waals surface area contributed by atoms with Gasteiger partial charge >= 0.3 is 5.97 Å². The van der Waals surface area contributed by atoms with Crippen molar-refractivity contribution in [3.63, 3.8) is 0 Å². The van der Waals surface area contributed by atoms with Crippen molar-refractivity contribution in [2.45, 2.75) is 63.7 Å². The lowest BCUT2D eigenvalue weighted by molar-refractivity contribution is -0.144. The molecule has 0 bridgehead atoms. The number of nitrogens with zero attached hydrogens (tertiary/aromatic N) is 3. The molecule has 0 radical (unpaired) electrons. The molecule has 1 amide bonds. The van der Waals surface area contributed by atoms with Crippen LogP contribution in [0.2, 0.25) is 0 Å². The molecule has 11 heteroatoms. The summed E-state index contributed by atoms with van der Waals surface area (Å²) in [5.74, 6) is -0.247. The molecular weight excluding hydrogens is 530 g/mol. The number of unbranched alkanes of at least 4 members (excludes halogenated alkanes) is 1. The molecule has 3 aliphatic heterocycles. The lowest BCUT2D eigenvalue weighted by Gasteiger charge is -2.30. The quantitative estimate of drug-likeness (QED) is 0.315. The van der Waals surface area contributed by atoms with Crippen LogP contribution in [0.4, 0.5) is 0 Å². The van der Waals surface area contributed by atoms with E-state index in [1.54, 1.807) is 7.11 Å². The van der Waals surface area contributed by atoms with Crippen molar-refractivity contribution < 1.29 is 38.4 Å². The molecule has 2 fully saturated rings. The smallest absolute Gasteiger partial charge is 0.308 e. The second-order valence-electron chi connectivity index (χ2n) is 11.4. The van der Waals surface area contributed by atoms with Crippen molar-refractivity contribution in [3.05, 3.63) is 17.7 Å². The molecule has 3 heterocycles. The molecule has 0 aromatic heterocycles. The highest BCUT2D eigenvalue weighted by atomic mass is 16.7. The lowest BCUT2D eigenvalue weighted by Crippen LogP contribution is -2.45. The first kappa shape index (κ1) is 31.3. The zero-order chi connectivity index (χ0) is 29.4. The molecule has 0 spiro atoms. The Kier molecular flexibility index (Phi) is 11.5. The first-order valence-electron chi connectivity index (χ1n) is 14.9. The minimum absolute atomic E-state index is 0.0534. The second kappa shape index (κ2) is 15.0. The van der Waals surface area contributed by atoms with E-state index in [2.05, 4.69) is 16.7 Å². The maximum Gasteiger partial charge on any atom is 0.308 e. The molecule has 2 saturated heterocycles. The Morgan fingerprint density at radius 1 is 1.05 bits per heavy atom. The molecule has 230 valence electrons. The highest BCUT2D eigenvalue weighted by Crippen LogP contribution is 2.47. The zero-order valence-electron chi connectivity index (χ0n) is 25.0. The summed E-state index contributed by atoms with van der Waals surface area (Å²) in [6, 6.07) is 3.41. The average molecular weight is 578 g/mol. The van der Waals surface area contributed by atoms with Crippen molar-refractivity contribution in [2.75, 3.05) is 73.9 Å². The summed E-state index contributed by atoms with van der Waals surface area (Å²) in [5.41, 5.74) is 0.815. The van der Waals surface area contributed by atoms with Crippen LogP contribution in [0.3, 0.4) is 0 Å². The lowest BCUT2D eigenvalue weighted by atomic mass is 9.83. The number of fused-ring (bicyclic) bond motifs is 1. The number of carboxylic acid groups (broad SMARTS) is 1. The van der Waals surface area contributed by atoms with E-state index in [1.807, 2.05) is 31.1 Å². The van der Waals surface area contributed by atoms with Crippen LogP contribution in [0.5, 0.6) is 17.2 Å². The minimum Gasteiger partial charge on any atom is -0.493 e. The van der Waals surface area contributed by atoms with Gasteiger partial charge in [0.05, 0.1) is 32.8 Å². The first-order chi connectivity index (χ1) is 19.8. The molecule has 11 nitrogen and oxygen atoms in total. The minimum atomic E-state index is -0.867. The molecule has 3 aliphatic rings. The van der Waals surface area contributed by atoms with Crippen LogP contribution in [0.25, 0.3) is 0 Å². The topological polar surface area (TPSA) is 110 Å². The molecule has 1 N–H and O–H groups in total. The van der Waals surface area contributed by atoms with Gasteiger partial charge < -0.3 is 38.6 Å². The van der Waals surface area contributed by atoms with E-state index >= 15 is 0 Å². The monoisotopic (exact) mass is 577 g/mol. The maximum absolute atomic E-state index is 13.7. The summed E-state index contributed by atoms with van der Waals surface area (Å²) < 4.78 is 28.0. The van der Waals surface area contributed by atoms with Gasteiger partial charge in [0.25, 0.3) is 0 Å². The van der Waals surface area contributed by atoms with Crippen molar-refractivity contribution in [2.24, 2.45) is 5.92 Å². The van der Waals surface area contributed by atoms with E-state index in [0.717, 1.165) is 37.8 Å². The van der Waals surface area contributed by atoms with E-state index in [1.165, 1.54) is 0 Å². The van der Waals surface area contributed by atoms with E-state index in [-0.39, 0.29) is 37.5 Å². The van der Waals surface area contributed by atoms with Crippen LogP contribution in [0, 0.1) is 5.92 Å². The van der Waals surface area contributed by atoms with Gasteiger partial charge in [-0.25, -0.2) is 0 Å². The van der Waals surface area contributed by atoms with Gasteiger partial charge in [-0.1, -0.05) is 13.3 Å². The van der Waals surface area contributed by atoms with Gasteiger partial charge in [-0.15, -0.1) is 0 Å². The number of carboxylic acids is 1. The highest BCUT2D eigenvalue weighted by molar-refractivity contribution is 5.79. The zero-order valence-corrected chi connectivity index (χ0v) is 25.0. The van der Waals surface area contributed by atoms with Gasteiger partial charge in [0.15, 0.2) is 17.8 Å². The van der Waals surface area contributed by atoms with Gasteiger partial charge in [-0.2, -0.15) is 0 Å². The molecule has 1 aromatic rings. The number of ether oxygens (including phenoxy) is 5. The SMILES string of the molecule is CCCCN(CCCN(C)C)C(=O)CN1C[C@H](c2cc(OC)c3c(c2)OCO3)[C@@H](C(=O)O)[C@@H]1CCCC1OCCO1.